The molecule has 0 spiro atoms. The molecule has 1 aromatic carbocycles. The zero-order valence-electron chi connectivity index (χ0n) is 17.7. The lowest BCUT2D eigenvalue weighted by molar-refractivity contribution is 0.0527. The fourth-order valence-electron chi connectivity index (χ4n) is 2.97. The quantitative estimate of drug-likeness (QED) is 0.561. The zero-order valence-corrected chi connectivity index (χ0v) is 17.7. The van der Waals surface area contributed by atoms with Crippen LogP contribution in [0.2, 0.25) is 0 Å². The number of aromatic nitrogens is 3. The fourth-order valence-corrected chi connectivity index (χ4v) is 2.97. The van der Waals surface area contributed by atoms with E-state index in [1.165, 1.54) is 0 Å². The number of ether oxygens (including phenoxy) is 1. The number of hydrogen-bond acceptors (Lipinski definition) is 5. The number of aryl methyl sites for hydroxylation is 1. The molecule has 2 heterocycles. The number of anilines is 2. The first kappa shape index (κ1) is 20.6. The molecule has 0 aliphatic carbocycles. The van der Waals surface area contributed by atoms with Crippen molar-refractivity contribution in [1.29, 1.82) is 0 Å². The SMILES string of the molecule is CCOC(=O)c1cccnc1Nc1cc(C(C)(C)CC)nn1-c1ccccc1C. The smallest absolute Gasteiger partial charge is 0.341 e. The molecule has 0 atom stereocenters. The van der Waals surface area contributed by atoms with Gasteiger partial charge in [0.1, 0.15) is 17.2 Å². The van der Waals surface area contributed by atoms with Gasteiger partial charge >= 0.3 is 5.97 Å². The van der Waals surface area contributed by atoms with E-state index < -0.39 is 5.97 Å². The van der Waals surface area contributed by atoms with E-state index in [1.807, 2.05) is 28.9 Å². The fraction of sp³-hybridized carbons (Fsp3) is 0.348. The zero-order chi connectivity index (χ0) is 21.0. The summed E-state index contributed by atoms with van der Waals surface area (Å²) in [5.74, 6) is 0.792. The van der Waals surface area contributed by atoms with Gasteiger partial charge in [-0.2, -0.15) is 5.10 Å². The largest absolute Gasteiger partial charge is 0.462 e. The summed E-state index contributed by atoms with van der Waals surface area (Å²) < 4.78 is 7.06. The number of hydrogen-bond donors (Lipinski definition) is 1. The maximum Gasteiger partial charge on any atom is 0.341 e. The summed E-state index contributed by atoms with van der Waals surface area (Å²) in [6.07, 6.45) is 2.60. The van der Waals surface area contributed by atoms with Crippen molar-refractivity contribution in [1.82, 2.24) is 14.8 Å². The molecule has 29 heavy (non-hydrogen) atoms. The molecular weight excluding hydrogens is 364 g/mol. The van der Waals surface area contributed by atoms with Crippen LogP contribution in [-0.2, 0) is 10.2 Å². The average molecular weight is 393 g/mol. The van der Waals surface area contributed by atoms with Gasteiger partial charge in [0.2, 0.25) is 0 Å². The first-order chi connectivity index (χ1) is 13.9. The van der Waals surface area contributed by atoms with Crippen molar-refractivity contribution in [3.05, 3.63) is 65.5 Å². The Hall–Kier alpha value is -3.15. The standard InChI is InChI=1S/C23H28N4O2/c1-6-23(4,5)19-15-20(27(26-19)18-13-9-8-11-16(18)3)25-21-17(12-10-14-24-21)22(28)29-7-2/h8-15H,6-7H2,1-5H3,(H,24,25). The van der Waals surface area contributed by atoms with Gasteiger partial charge < -0.3 is 10.1 Å². The Morgan fingerprint density at radius 3 is 2.62 bits per heavy atom. The van der Waals surface area contributed by atoms with Crippen LogP contribution in [0.3, 0.4) is 0 Å². The van der Waals surface area contributed by atoms with Crippen LogP contribution in [0, 0.1) is 6.92 Å². The molecule has 0 radical (unpaired) electrons. The monoisotopic (exact) mass is 392 g/mol. The molecule has 6 nitrogen and oxygen atoms in total. The Labute approximate surface area is 171 Å². The molecule has 2 aromatic heterocycles. The second-order valence-corrected chi connectivity index (χ2v) is 7.60. The number of rotatable bonds is 7. The van der Waals surface area contributed by atoms with E-state index in [1.54, 1.807) is 25.3 Å². The molecule has 0 fully saturated rings. The molecule has 1 N–H and O–H groups in total. The number of benzene rings is 1. The maximum atomic E-state index is 12.4. The van der Waals surface area contributed by atoms with Crippen molar-refractivity contribution < 1.29 is 9.53 Å². The van der Waals surface area contributed by atoms with E-state index in [9.17, 15) is 4.79 Å². The van der Waals surface area contributed by atoms with Crippen LogP contribution in [0.25, 0.3) is 5.69 Å². The number of nitrogens with one attached hydrogen (secondary N) is 1. The molecule has 0 saturated heterocycles. The van der Waals surface area contributed by atoms with Gasteiger partial charge in [-0.1, -0.05) is 39.0 Å². The minimum Gasteiger partial charge on any atom is -0.462 e. The number of nitrogens with zero attached hydrogens (tertiary/aromatic N) is 3. The highest BCUT2D eigenvalue weighted by Gasteiger charge is 2.25. The minimum atomic E-state index is -0.404. The number of carbonyl (C=O) groups excluding carboxylic acids is 1. The predicted octanol–water partition coefficient (Wildman–Crippen LogP) is 5.18. The van der Waals surface area contributed by atoms with Gasteiger partial charge in [-0.25, -0.2) is 14.5 Å². The summed E-state index contributed by atoms with van der Waals surface area (Å²) >= 11 is 0. The highest BCUT2D eigenvalue weighted by molar-refractivity contribution is 5.95. The van der Waals surface area contributed by atoms with E-state index in [4.69, 9.17) is 9.84 Å². The van der Waals surface area contributed by atoms with Crippen LogP contribution in [0.5, 0.6) is 0 Å². The van der Waals surface area contributed by atoms with Crippen LogP contribution in [0.4, 0.5) is 11.6 Å². The van der Waals surface area contributed by atoms with Crippen LogP contribution in [-0.4, -0.2) is 27.3 Å². The Balaban J connectivity index is 2.10. The lowest BCUT2D eigenvalue weighted by atomic mass is 9.87. The molecule has 3 aromatic rings. The van der Waals surface area contributed by atoms with Crippen LogP contribution >= 0.6 is 0 Å². The molecule has 0 amide bonds. The lowest BCUT2D eigenvalue weighted by Crippen LogP contribution is -2.16. The molecule has 0 saturated carbocycles. The van der Waals surface area contributed by atoms with Gasteiger partial charge in [0.15, 0.2) is 0 Å². The Morgan fingerprint density at radius 1 is 1.17 bits per heavy atom. The molecule has 152 valence electrons. The molecule has 3 rings (SSSR count). The first-order valence-electron chi connectivity index (χ1n) is 9.93. The van der Waals surface area contributed by atoms with Gasteiger partial charge in [-0.15, -0.1) is 0 Å². The summed E-state index contributed by atoms with van der Waals surface area (Å²) in [6, 6.07) is 13.5. The third kappa shape index (κ3) is 4.31. The molecular formula is C23H28N4O2. The van der Waals surface area contributed by atoms with E-state index in [0.29, 0.717) is 18.0 Å². The summed E-state index contributed by atoms with van der Waals surface area (Å²) in [4.78, 5) is 16.7. The molecule has 6 heteroatoms. The minimum absolute atomic E-state index is 0.0849. The summed E-state index contributed by atoms with van der Waals surface area (Å²) in [5, 5.41) is 8.21. The molecule has 0 bridgehead atoms. The van der Waals surface area contributed by atoms with E-state index in [-0.39, 0.29) is 5.41 Å². The number of esters is 1. The predicted molar refractivity (Wildman–Crippen MR) is 115 cm³/mol. The summed E-state index contributed by atoms with van der Waals surface area (Å²) in [6.45, 7) is 10.6. The Morgan fingerprint density at radius 2 is 1.93 bits per heavy atom. The topological polar surface area (TPSA) is 69.0 Å². The molecule has 0 aliphatic heterocycles. The van der Waals surface area contributed by atoms with Gasteiger partial charge in [-0.3, -0.25) is 0 Å². The average Bonchev–Trinajstić information content (AvgIpc) is 3.13. The van der Waals surface area contributed by atoms with Gasteiger partial charge in [0, 0.05) is 17.7 Å². The van der Waals surface area contributed by atoms with Gasteiger partial charge in [0.05, 0.1) is 18.0 Å². The number of carbonyl (C=O) groups is 1. The third-order valence-electron chi connectivity index (χ3n) is 5.18. The third-order valence-corrected chi connectivity index (χ3v) is 5.18. The van der Waals surface area contributed by atoms with Gasteiger partial charge in [-0.05, 0) is 44.0 Å². The van der Waals surface area contributed by atoms with Crippen LogP contribution in [0.1, 0.15) is 55.7 Å². The molecule has 0 unspecified atom stereocenters. The highest BCUT2D eigenvalue weighted by Crippen LogP contribution is 2.31. The van der Waals surface area contributed by atoms with Crippen molar-refractivity contribution in [2.45, 2.75) is 46.5 Å². The molecule has 0 aliphatic rings. The highest BCUT2D eigenvalue weighted by atomic mass is 16.5. The normalized spacial score (nSPS) is 11.3. The Bertz CT molecular complexity index is 1010. The van der Waals surface area contributed by atoms with Crippen molar-refractivity contribution in [2.75, 3.05) is 11.9 Å². The van der Waals surface area contributed by atoms with E-state index in [2.05, 4.69) is 44.1 Å². The van der Waals surface area contributed by atoms with E-state index >= 15 is 0 Å². The summed E-state index contributed by atoms with van der Waals surface area (Å²) in [5.41, 5.74) is 3.36. The van der Waals surface area contributed by atoms with Gasteiger partial charge in [0.25, 0.3) is 0 Å². The van der Waals surface area contributed by atoms with E-state index in [0.717, 1.165) is 29.2 Å². The van der Waals surface area contributed by atoms with Crippen molar-refractivity contribution >= 4 is 17.6 Å². The Kier molecular flexibility index (Phi) is 6.01. The van der Waals surface area contributed by atoms with Crippen molar-refractivity contribution in [2.24, 2.45) is 0 Å². The first-order valence-corrected chi connectivity index (χ1v) is 9.93. The van der Waals surface area contributed by atoms with Crippen LogP contribution in [0.15, 0.2) is 48.7 Å². The van der Waals surface area contributed by atoms with Crippen molar-refractivity contribution in [3.8, 4) is 5.69 Å². The van der Waals surface area contributed by atoms with Crippen molar-refractivity contribution in [3.63, 3.8) is 0 Å². The number of para-hydroxylation sites is 1. The number of pyridine rings is 1. The summed E-state index contributed by atoms with van der Waals surface area (Å²) in [7, 11) is 0. The van der Waals surface area contributed by atoms with Crippen LogP contribution < -0.4 is 5.32 Å². The maximum absolute atomic E-state index is 12.4. The second kappa shape index (κ2) is 8.47. The second-order valence-electron chi connectivity index (χ2n) is 7.60. The lowest BCUT2D eigenvalue weighted by Gasteiger charge is -2.19.